The Balaban J connectivity index is 2.04. The van der Waals surface area contributed by atoms with Crippen LogP contribution in [-0.4, -0.2) is 5.11 Å². The fraction of sp³-hybridized carbons (Fsp3) is 0.316. The van der Waals surface area contributed by atoms with E-state index in [1.807, 2.05) is 6.07 Å². The van der Waals surface area contributed by atoms with E-state index in [0.717, 1.165) is 17.8 Å². The summed E-state index contributed by atoms with van der Waals surface area (Å²) in [5, 5.41) is 7.22. The molecule has 0 heterocycles. The molecule has 0 aliphatic rings. The number of aryl methyl sites for hydroxylation is 3. The van der Waals surface area contributed by atoms with E-state index in [4.69, 9.17) is 12.2 Å². The van der Waals surface area contributed by atoms with Gasteiger partial charge in [-0.15, -0.1) is 0 Å². The minimum absolute atomic E-state index is 0.632. The Bertz CT molecular complexity index is 650. The van der Waals surface area contributed by atoms with Gasteiger partial charge >= 0.3 is 0 Å². The molecule has 3 heteroatoms. The number of hydrogen-bond donors (Lipinski definition) is 2. The van der Waals surface area contributed by atoms with Gasteiger partial charge in [0.25, 0.3) is 0 Å². The first-order valence-corrected chi connectivity index (χ1v) is 8.24. The second-order valence-corrected chi connectivity index (χ2v) is 6.05. The highest BCUT2D eigenvalue weighted by Gasteiger charge is 2.04. The summed E-state index contributed by atoms with van der Waals surface area (Å²) in [6.45, 7) is 6.43. The first kappa shape index (κ1) is 16.5. The molecule has 2 aromatic carbocycles. The molecule has 0 atom stereocenters. The highest BCUT2D eigenvalue weighted by Crippen LogP contribution is 2.19. The van der Waals surface area contributed by atoms with Gasteiger partial charge in [0.1, 0.15) is 0 Å². The molecule has 2 N–H and O–H groups in total. The van der Waals surface area contributed by atoms with Crippen molar-refractivity contribution in [1.82, 2.24) is 0 Å². The summed E-state index contributed by atoms with van der Waals surface area (Å²) in [6, 6.07) is 14.6. The first-order valence-electron chi connectivity index (χ1n) is 7.83. The topological polar surface area (TPSA) is 24.1 Å². The monoisotopic (exact) mass is 312 g/mol. The molecular weight excluding hydrogens is 288 g/mol. The van der Waals surface area contributed by atoms with Gasteiger partial charge in [0.05, 0.1) is 0 Å². The summed E-state index contributed by atoms with van der Waals surface area (Å²) in [5.41, 5.74) is 5.97. The van der Waals surface area contributed by atoms with Crippen molar-refractivity contribution in [3.05, 3.63) is 59.2 Å². The zero-order valence-electron chi connectivity index (χ0n) is 13.6. The lowest BCUT2D eigenvalue weighted by Gasteiger charge is -2.14. The Kier molecular flexibility index (Phi) is 5.96. The van der Waals surface area contributed by atoms with Crippen LogP contribution >= 0.6 is 12.2 Å². The van der Waals surface area contributed by atoms with Crippen molar-refractivity contribution in [1.29, 1.82) is 0 Å². The van der Waals surface area contributed by atoms with Crippen LogP contribution in [0.3, 0.4) is 0 Å². The van der Waals surface area contributed by atoms with Gasteiger partial charge < -0.3 is 10.6 Å². The molecule has 0 bridgehead atoms. The van der Waals surface area contributed by atoms with Crippen LogP contribution in [-0.2, 0) is 6.42 Å². The number of unbranched alkanes of at least 4 members (excludes halogenated alkanes) is 1. The average Bonchev–Trinajstić information content (AvgIpc) is 2.50. The Hall–Kier alpha value is -1.87. The Morgan fingerprint density at radius 2 is 1.77 bits per heavy atom. The molecular formula is C19H24N2S. The molecule has 22 heavy (non-hydrogen) atoms. The van der Waals surface area contributed by atoms with E-state index < -0.39 is 0 Å². The van der Waals surface area contributed by atoms with E-state index in [9.17, 15) is 0 Å². The lowest BCUT2D eigenvalue weighted by Crippen LogP contribution is -2.20. The fourth-order valence-corrected chi connectivity index (χ4v) is 2.56. The second-order valence-electron chi connectivity index (χ2n) is 5.64. The Morgan fingerprint density at radius 3 is 2.50 bits per heavy atom. The van der Waals surface area contributed by atoms with E-state index in [-0.39, 0.29) is 0 Å². The largest absolute Gasteiger partial charge is 0.332 e. The summed E-state index contributed by atoms with van der Waals surface area (Å²) in [7, 11) is 0. The van der Waals surface area contributed by atoms with Crippen molar-refractivity contribution in [2.45, 2.75) is 40.0 Å². The number of thiocarbonyl (C=S) groups is 1. The van der Waals surface area contributed by atoms with Crippen molar-refractivity contribution in [2.75, 3.05) is 10.6 Å². The van der Waals surface area contributed by atoms with Crippen molar-refractivity contribution >= 4 is 28.7 Å². The quantitative estimate of drug-likeness (QED) is 0.717. The van der Waals surface area contributed by atoms with Crippen LogP contribution in [0.5, 0.6) is 0 Å². The molecule has 2 aromatic rings. The highest BCUT2D eigenvalue weighted by molar-refractivity contribution is 7.80. The van der Waals surface area contributed by atoms with Gasteiger partial charge in [-0.05, 0) is 73.8 Å². The van der Waals surface area contributed by atoms with Crippen LogP contribution in [0.1, 0.15) is 36.5 Å². The summed E-state index contributed by atoms with van der Waals surface area (Å²) in [4.78, 5) is 0. The van der Waals surface area contributed by atoms with Gasteiger partial charge in [-0.1, -0.05) is 37.6 Å². The van der Waals surface area contributed by atoms with Gasteiger partial charge in [0.2, 0.25) is 0 Å². The minimum atomic E-state index is 0.632. The van der Waals surface area contributed by atoms with Gasteiger partial charge in [-0.25, -0.2) is 0 Å². The zero-order chi connectivity index (χ0) is 15.9. The van der Waals surface area contributed by atoms with Crippen molar-refractivity contribution < 1.29 is 0 Å². The standard InChI is InChI=1S/C19H24N2S/c1-4-5-8-16-9-6-7-10-18(16)21-19(22)20-17-12-11-14(2)15(3)13-17/h6-7,9-13H,4-5,8H2,1-3H3,(H2,20,21,22). The summed E-state index contributed by atoms with van der Waals surface area (Å²) < 4.78 is 0. The summed E-state index contributed by atoms with van der Waals surface area (Å²) in [5.74, 6) is 0. The Morgan fingerprint density at radius 1 is 1.00 bits per heavy atom. The molecule has 0 radical (unpaired) electrons. The number of hydrogen-bond acceptors (Lipinski definition) is 1. The van der Waals surface area contributed by atoms with E-state index in [1.165, 1.54) is 29.5 Å². The normalized spacial score (nSPS) is 10.3. The maximum atomic E-state index is 5.44. The lowest BCUT2D eigenvalue weighted by atomic mass is 10.1. The second kappa shape index (κ2) is 7.95. The van der Waals surface area contributed by atoms with Crippen LogP contribution in [0.2, 0.25) is 0 Å². The maximum absolute atomic E-state index is 5.44. The van der Waals surface area contributed by atoms with Crippen molar-refractivity contribution in [3.63, 3.8) is 0 Å². The first-order chi connectivity index (χ1) is 10.6. The molecule has 0 aliphatic carbocycles. The van der Waals surface area contributed by atoms with Gasteiger partial charge in [-0.3, -0.25) is 0 Å². The third-order valence-corrected chi connectivity index (χ3v) is 4.03. The number of nitrogens with one attached hydrogen (secondary N) is 2. The molecule has 2 nitrogen and oxygen atoms in total. The number of anilines is 2. The molecule has 0 spiro atoms. The van der Waals surface area contributed by atoms with E-state index >= 15 is 0 Å². The molecule has 0 amide bonds. The van der Waals surface area contributed by atoms with Crippen LogP contribution in [0.25, 0.3) is 0 Å². The number of benzene rings is 2. The summed E-state index contributed by atoms with van der Waals surface area (Å²) >= 11 is 5.44. The minimum Gasteiger partial charge on any atom is -0.332 e. The van der Waals surface area contributed by atoms with Crippen molar-refractivity contribution in [2.24, 2.45) is 0 Å². The molecule has 0 aliphatic heterocycles. The zero-order valence-corrected chi connectivity index (χ0v) is 14.4. The van der Waals surface area contributed by atoms with E-state index in [0.29, 0.717) is 5.11 Å². The third-order valence-electron chi connectivity index (χ3n) is 3.83. The SMILES string of the molecule is CCCCc1ccccc1NC(=S)Nc1ccc(C)c(C)c1. The molecule has 0 saturated carbocycles. The lowest BCUT2D eigenvalue weighted by molar-refractivity contribution is 0.796. The highest BCUT2D eigenvalue weighted by atomic mass is 32.1. The van der Waals surface area contributed by atoms with Gasteiger partial charge in [0.15, 0.2) is 5.11 Å². The molecule has 0 saturated heterocycles. The molecule has 0 unspecified atom stereocenters. The summed E-state index contributed by atoms with van der Waals surface area (Å²) in [6.07, 6.45) is 3.46. The van der Waals surface area contributed by atoms with Crippen LogP contribution in [0.4, 0.5) is 11.4 Å². The van der Waals surface area contributed by atoms with Crippen LogP contribution in [0.15, 0.2) is 42.5 Å². The molecule has 0 fully saturated rings. The predicted molar refractivity (Wildman–Crippen MR) is 101 cm³/mol. The number of para-hydroxylation sites is 1. The van der Waals surface area contributed by atoms with E-state index in [1.54, 1.807) is 0 Å². The molecule has 116 valence electrons. The maximum Gasteiger partial charge on any atom is 0.175 e. The Labute approximate surface area is 139 Å². The molecule has 0 aromatic heterocycles. The smallest absolute Gasteiger partial charge is 0.175 e. The molecule has 2 rings (SSSR count). The third kappa shape index (κ3) is 4.57. The van der Waals surface area contributed by atoms with Crippen LogP contribution < -0.4 is 10.6 Å². The van der Waals surface area contributed by atoms with Gasteiger partial charge in [0, 0.05) is 11.4 Å². The van der Waals surface area contributed by atoms with Gasteiger partial charge in [-0.2, -0.15) is 0 Å². The average molecular weight is 312 g/mol. The predicted octanol–water partition coefficient (Wildman–Crippen LogP) is 5.45. The fourth-order valence-electron chi connectivity index (χ4n) is 2.33. The van der Waals surface area contributed by atoms with Crippen molar-refractivity contribution in [3.8, 4) is 0 Å². The van der Waals surface area contributed by atoms with E-state index in [2.05, 4.69) is 67.8 Å². The van der Waals surface area contributed by atoms with Crippen LogP contribution in [0, 0.1) is 13.8 Å². The number of rotatable bonds is 5.